The van der Waals surface area contributed by atoms with Crippen LogP contribution in [0, 0.1) is 12.3 Å². The highest BCUT2D eigenvalue weighted by Gasteiger charge is 2.84. The normalized spacial score (nSPS) is 60.7. The molecular weight excluding hydrogens is 312 g/mol. The van der Waals surface area contributed by atoms with Crippen molar-refractivity contribution in [1.82, 2.24) is 0 Å². The van der Waals surface area contributed by atoms with Crippen molar-refractivity contribution >= 4 is 0 Å². The van der Waals surface area contributed by atoms with E-state index in [9.17, 15) is 0 Å². The third-order valence-corrected chi connectivity index (χ3v) is 6.91. The predicted molar refractivity (Wildman–Crippen MR) is 79.9 cm³/mol. The van der Waals surface area contributed by atoms with E-state index in [-0.39, 0.29) is 18.3 Å². The molecule has 4 bridgehead atoms. The summed E-state index contributed by atoms with van der Waals surface area (Å²) in [6.45, 7) is 2.13. The number of rotatable bonds is 0. The van der Waals surface area contributed by atoms with Crippen molar-refractivity contribution in [1.29, 1.82) is 0 Å². The van der Waals surface area contributed by atoms with E-state index in [4.69, 9.17) is 34.8 Å². The summed E-state index contributed by atoms with van der Waals surface area (Å²) in [6, 6.07) is 0. The van der Waals surface area contributed by atoms with Crippen molar-refractivity contribution in [2.75, 3.05) is 19.8 Å². The number of ether oxygens (including phenoxy) is 6. The van der Waals surface area contributed by atoms with Crippen LogP contribution in [0.15, 0.2) is 0 Å². The first-order valence-electron chi connectivity index (χ1n) is 9.13. The molecule has 0 N–H and O–H groups in total. The van der Waals surface area contributed by atoms with E-state index >= 15 is 0 Å². The molecule has 0 unspecified atom stereocenters. The van der Waals surface area contributed by atoms with Gasteiger partial charge in [0.2, 0.25) is 0 Å². The molecule has 0 atom stereocenters. The maximum absolute atomic E-state index is 6.35. The Hall–Kier alpha value is -0.680. The lowest BCUT2D eigenvalue weighted by Gasteiger charge is -2.71. The van der Waals surface area contributed by atoms with E-state index in [1.54, 1.807) is 0 Å². The minimum Gasteiger partial charge on any atom is -0.369 e. The van der Waals surface area contributed by atoms with Gasteiger partial charge in [-0.05, 0) is 44.4 Å². The quantitative estimate of drug-likeness (QED) is 0.619. The zero-order valence-corrected chi connectivity index (χ0v) is 13.6. The summed E-state index contributed by atoms with van der Waals surface area (Å²) < 4.78 is 37.8. The Labute approximate surface area is 141 Å². The summed E-state index contributed by atoms with van der Waals surface area (Å²) in [4.78, 5) is 0. The fourth-order valence-corrected chi connectivity index (χ4v) is 6.19. The summed E-state index contributed by atoms with van der Waals surface area (Å²) in [5.41, 5.74) is -1.64. The zero-order chi connectivity index (χ0) is 16.0. The van der Waals surface area contributed by atoms with E-state index in [0.717, 1.165) is 38.5 Å². The summed E-state index contributed by atoms with van der Waals surface area (Å²) >= 11 is 0. The molecule has 6 nitrogen and oxygen atoms in total. The highest BCUT2D eigenvalue weighted by molar-refractivity contribution is 5.32. The first-order chi connectivity index (χ1) is 11.7. The van der Waals surface area contributed by atoms with Crippen molar-refractivity contribution < 1.29 is 28.4 Å². The van der Waals surface area contributed by atoms with Crippen LogP contribution in [-0.4, -0.2) is 60.9 Å². The van der Waals surface area contributed by atoms with Crippen LogP contribution >= 0.6 is 0 Å². The van der Waals surface area contributed by atoms with Gasteiger partial charge in [-0.1, -0.05) is 0 Å². The molecule has 7 fully saturated rings. The van der Waals surface area contributed by atoms with Crippen LogP contribution in [0.25, 0.3) is 0 Å². The monoisotopic (exact) mass is 334 g/mol. The van der Waals surface area contributed by atoms with Crippen molar-refractivity contribution in [3.8, 4) is 12.3 Å². The number of terminal acetylenes is 1. The molecule has 6 heteroatoms. The van der Waals surface area contributed by atoms with Crippen LogP contribution in [0.4, 0.5) is 0 Å². The third-order valence-electron chi connectivity index (χ3n) is 6.91. The Balaban J connectivity index is 1.59. The molecule has 1 saturated carbocycles. The van der Waals surface area contributed by atoms with Crippen LogP contribution in [0.2, 0.25) is 0 Å². The molecule has 24 heavy (non-hydrogen) atoms. The zero-order valence-electron chi connectivity index (χ0n) is 13.6. The van der Waals surface area contributed by atoms with Gasteiger partial charge >= 0.3 is 5.97 Å². The molecule has 0 aromatic heterocycles. The number of hydrogen-bond acceptors (Lipinski definition) is 6. The third kappa shape index (κ3) is 1.36. The van der Waals surface area contributed by atoms with E-state index in [1.165, 1.54) is 0 Å². The topological polar surface area (TPSA) is 55.4 Å². The molecule has 6 saturated heterocycles. The van der Waals surface area contributed by atoms with Gasteiger partial charge in [0.25, 0.3) is 0 Å². The fourth-order valence-electron chi connectivity index (χ4n) is 6.19. The summed E-state index contributed by atoms with van der Waals surface area (Å²) in [5.74, 6) is 1.17. The predicted octanol–water partition coefficient (Wildman–Crippen LogP) is 1.12. The fraction of sp³-hybridized carbons (Fsp3) is 0.889. The first-order valence-corrected chi connectivity index (χ1v) is 9.13. The molecule has 0 amide bonds. The van der Waals surface area contributed by atoms with Gasteiger partial charge < -0.3 is 28.4 Å². The van der Waals surface area contributed by atoms with Gasteiger partial charge in [-0.15, -0.1) is 6.42 Å². The van der Waals surface area contributed by atoms with Crippen LogP contribution in [0.3, 0.4) is 0 Å². The SMILES string of the molecule is C#CC12OC3C4(CCCO4)C(O1)C1(CCCO1)C(O2)C31CCCO1. The molecule has 0 aromatic carbocycles. The van der Waals surface area contributed by atoms with Crippen LogP contribution in [0.5, 0.6) is 0 Å². The van der Waals surface area contributed by atoms with Gasteiger partial charge in [-0.2, -0.15) is 0 Å². The maximum atomic E-state index is 6.35. The smallest absolute Gasteiger partial charge is 0.354 e. The van der Waals surface area contributed by atoms with Gasteiger partial charge in [0, 0.05) is 19.8 Å². The van der Waals surface area contributed by atoms with Crippen molar-refractivity contribution in [3.63, 3.8) is 0 Å². The Morgan fingerprint density at radius 3 is 1.29 bits per heavy atom. The Morgan fingerprint density at radius 1 is 0.667 bits per heavy atom. The molecule has 7 rings (SSSR count). The summed E-state index contributed by atoms with van der Waals surface area (Å²) in [5, 5.41) is 0. The first kappa shape index (κ1) is 14.5. The lowest BCUT2D eigenvalue weighted by Crippen LogP contribution is -2.90. The van der Waals surface area contributed by atoms with Gasteiger partial charge in [0.15, 0.2) is 0 Å². The Kier molecular flexibility index (Phi) is 2.62. The maximum Gasteiger partial charge on any atom is 0.354 e. The number of hydrogen-bond donors (Lipinski definition) is 0. The highest BCUT2D eigenvalue weighted by Crippen LogP contribution is 2.66. The molecule has 3 spiro atoms. The molecule has 6 heterocycles. The molecular formula is C18H22O6. The molecule has 6 aliphatic heterocycles. The van der Waals surface area contributed by atoms with Crippen LogP contribution < -0.4 is 0 Å². The van der Waals surface area contributed by atoms with Gasteiger partial charge in [-0.3, -0.25) is 0 Å². The van der Waals surface area contributed by atoms with E-state index in [0.29, 0.717) is 19.8 Å². The summed E-state index contributed by atoms with van der Waals surface area (Å²) in [7, 11) is 0. The lowest BCUT2D eigenvalue weighted by molar-refractivity contribution is -0.562. The van der Waals surface area contributed by atoms with Gasteiger partial charge in [-0.25, -0.2) is 0 Å². The van der Waals surface area contributed by atoms with Crippen molar-refractivity contribution in [3.05, 3.63) is 0 Å². The second-order valence-electron chi connectivity index (χ2n) is 7.92. The highest BCUT2D eigenvalue weighted by atomic mass is 16.9. The van der Waals surface area contributed by atoms with Crippen LogP contribution in [0.1, 0.15) is 38.5 Å². The summed E-state index contributed by atoms with van der Waals surface area (Å²) in [6.07, 6.45) is 10.5. The average molecular weight is 334 g/mol. The van der Waals surface area contributed by atoms with Crippen LogP contribution in [-0.2, 0) is 28.4 Å². The van der Waals surface area contributed by atoms with Crippen molar-refractivity contribution in [2.24, 2.45) is 0 Å². The van der Waals surface area contributed by atoms with Gasteiger partial charge in [0.1, 0.15) is 35.1 Å². The molecule has 0 aromatic rings. The van der Waals surface area contributed by atoms with E-state index < -0.39 is 22.8 Å². The average Bonchev–Trinajstić information content (AvgIpc) is 3.36. The Morgan fingerprint density at radius 2 is 1.04 bits per heavy atom. The van der Waals surface area contributed by atoms with Crippen molar-refractivity contribution in [2.45, 2.75) is 79.6 Å². The van der Waals surface area contributed by atoms with Gasteiger partial charge in [0.05, 0.1) is 0 Å². The Bertz CT molecular complexity index is 513. The second kappa shape index (κ2) is 4.35. The molecule has 130 valence electrons. The second-order valence-corrected chi connectivity index (χ2v) is 7.92. The minimum absolute atomic E-state index is 0.265. The minimum atomic E-state index is -1.43. The lowest BCUT2D eigenvalue weighted by atomic mass is 9.57. The van der Waals surface area contributed by atoms with E-state index in [1.807, 2.05) is 0 Å². The largest absolute Gasteiger partial charge is 0.369 e. The molecule has 1 aliphatic carbocycles. The molecule has 7 aliphatic rings. The standard InChI is InChI=1S/C18H22O6/c1-2-18-22-12-15(6-3-9-19-15)13(23-18)17(8-5-11-21-17)14(24-18)16(12)7-4-10-20-16/h1,12-14H,3-11H2. The van der Waals surface area contributed by atoms with E-state index in [2.05, 4.69) is 5.92 Å². The molecule has 0 radical (unpaired) electrons.